The van der Waals surface area contributed by atoms with Gasteiger partial charge in [0.05, 0.1) is 5.69 Å². The highest BCUT2D eigenvalue weighted by Gasteiger charge is 2.18. The van der Waals surface area contributed by atoms with Crippen molar-refractivity contribution in [1.82, 2.24) is 0 Å². The molecule has 2 rings (SSSR count). The fourth-order valence-electron chi connectivity index (χ4n) is 2.26. The van der Waals surface area contributed by atoms with E-state index in [4.69, 9.17) is 5.73 Å². The average molecular weight is 258 g/mol. The van der Waals surface area contributed by atoms with E-state index < -0.39 is 0 Å². The number of nitrogens with zero attached hydrogens (tertiary/aromatic N) is 1. The molecule has 2 N–H and O–H groups in total. The fraction of sp³-hybridized carbons (Fsp3) is 0.250. The Bertz CT molecular complexity index is 538. The maximum absolute atomic E-state index is 14.2. The summed E-state index contributed by atoms with van der Waals surface area (Å²) in [5.41, 5.74) is 8.33. The molecule has 0 saturated heterocycles. The van der Waals surface area contributed by atoms with Crippen LogP contribution in [0, 0.1) is 5.82 Å². The molecule has 0 amide bonds. The Labute approximate surface area is 113 Å². The largest absolute Gasteiger partial charge is 0.339 e. The van der Waals surface area contributed by atoms with E-state index in [-0.39, 0.29) is 11.9 Å². The van der Waals surface area contributed by atoms with E-state index in [9.17, 15) is 4.39 Å². The summed E-state index contributed by atoms with van der Waals surface area (Å²) in [4.78, 5) is 1.95. The van der Waals surface area contributed by atoms with Crippen LogP contribution < -0.4 is 10.6 Å². The average Bonchev–Trinajstić information content (AvgIpc) is 2.42. The molecule has 0 bridgehead atoms. The zero-order valence-electron chi connectivity index (χ0n) is 11.3. The maximum atomic E-state index is 14.2. The van der Waals surface area contributed by atoms with Gasteiger partial charge in [-0.3, -0.25) is 0 Å². The van der Waals surface area contributed by atoms with Crippen LogP contribution in [0.4, 0.5) is 15.8 Å². The lowest BCUT2D eigenvalue weighted by Crippen LogP contribution is -2.21. The first-order valence-corrected chi connectivity index (χ1v) is 6.51. The highest BCUT2D eigenvalue weighted by molar-refractivity contribution is 5.67. The van der Waals surface area contributed by atoms with Gasteiger partial charge >= 0.3 is 0 Å². The van der Waals surface area contributed by atoms with Gasteiger partial charge < -0.3 is 10.6 Å². The smallest absolute Gasteiger partial charge is 0.147 e. The molecule has 100 valence electrons. The SMILES string of the molecule is CCN(c1ccccc1)c1c(F)cccc1[C@H](C)N. The number of nitrogens with two attached hydrogens (primary N) is 1. The van der Waals surface area contributed by atoms with Gasteiger partial charge in [-0.25, -0.2) is 4.39 Å². The standard InChI is InChI=1S/C16H19FN2/c1-3-19(13-8-5-4-6-9-13)16-14(12(2)18)10-7-11-15(16)17/h4-12H,3,18H2,1-2H3/t12-/m0/s1. The number of anilines is 2. The molecule has 0 heterocycles. The number of hydrogen-bond donors (Lipinski definition) is 1. The maximum Gasteiger partial charge on any atom is 0.147 e. The molecule has 3 heteroatoms. The van der Waals surface area contributed by atoms with E-state index in [1.165, 1.54) is 6.07 Å². The molecule has 0 spiro atoms. The Morgan fingerprint density at radius 2 is 1.79 bits per heavy atom. The number of halogens is 1. The minimum Gasteiger partial charge on any atom is -0.339 e. The molecule has 0 saturated carbocycles. The Morgan fingerprint density at radius 1 is 1.11 bits per heavy atom. The lowest BCUT2D eigenvalue weighted by molar-refractivity contribution is 0.620. The van der Waals surface area contributed by atoms with E-state index in [0.29, 0.717) is 12.2 Å². The number of rotatable bonds is 4. The van der Waals surface area contributed by atoms with Crippen LogP contribution in [0.25, 0.3) is 0 Å². The first-order valence-electron chi connectivity index (χ1n) is 6.51. The van der Waals surface area contributed by atoms with Crippen LogP contribution in [0.3, 0.4) is 0 Å². The van der Waals surface area contributed by atoms with Gasteiger partial charge in [0.1, 0.15) is 5.82 Å². The van der Waals surface area contributed by atoms with Crippen LogP contribution in [0.1, 0.15) is 25.5 Å². The third-order valence-corrected chi connectivity index (χ3v) is 3.16. The predicted molar refractivity (Wildman–Crippen MR) is 78.1 cm³/mol. The van der Waals surface area contributed by atoms with Crippen LogP contribution in [-0.2, 0) is 0 Å². The molecular weight excluding hydrogens is 239 g/mol. The van der Waals surface area contributed by atoms with Crippen molar-refractivity contribution in [1.29, 1.82) is 0 Å². The van der Waals surface area contributed by atoms with Gasteiger partial charge in [-0.15, -0.1) is 0 Å². The summed E-state index contributed by atoms with van der Waals surface area (Å²) in [5.74, 6) is -0.236. The molecular formula is C16H19FN2. The number of para-hydroxylation sites is 2. The monoisotopic (exact) mass is 258 g/mol. The molecule has 2 aromatic rings. The van der Waals surface area contributed by atoms with Gasteiger partial charge in [0.15, 0.2) is 0 Å². The summed E-state index contributed by atoms with van der Waals surface area (Å²) in [7, 11) is 0. The van der Waals surface area contributed by atoms with Crippen molar-refractivity contribution in [3.63, 3.8) is 0 Å². The first-order chi connectivity index (χ1) is 9.15. The topological polar surface area (TPSA) is 29.3 Å². The Kier molecular flexibility index (Phi) is 4.17. The molecule has 0 aliphatic heterocycles. The Balaban J connectivity index is 2.55. The van der Waals surface area contributed by atoms with Crippen molar-refractivity contribution in [2.45, 2.75) is 19.9 Å². The number of benzene rings is 2. The highest BCUT2D eigenvalue weighted by Crippen LogP contribution is 2.33. The Hall–Kier alpha value is -1.87. The van der Waals surface area contributed by atoms with Crippen LogP contribution in [0.2, 0.25) is 0 Å². The summed E-state index contributed by atoms with van der Waals surface area (Å²) in [5, 5.41) is 0. The lowest BCUT2D eigenvalue weighted by atomic mass is 10.0. The molecule has 2 aromatic carbocycles. The van der Waals surface area contributed by atoms with Crippen molar-refractivity contribution in [3.8, 4) is 0 Å². The van der Waals surface area contributed by atoms with E-state index in [1.807, 2.05) is 55.1 Å². The molecule has 1 atom stereocenters. The van der Waals surface area contributed by atoms with E-state index in [0.717, 1.165) is 11.3 Å². The van der Waals surface area contributed by atoms with Gasteiger partial charge in [0.25, 0.3) is 0 Å². The molecule has 0 unspecified atom stereocenters. The third kappa shape index (κ3) is 2.76. The van der Waals surface area contributed by atoms with Crippen LogP contribution >= 0.6 is 0 Å². The molecule has 0 radical (unpaired) electrons. The van der Waals surface area contributed by atoms with Gasteiger partial charge in [-0.2, -0.15) is 0 Å². The van der Waals surface area contributed by atoms with E-state index in [2.05, 4.69) is 0 Å². The fourth-order valence-corrected chi connectivity index (χ4v) is 2.26. The van der Waals surface area contributed by atoms with Gasteiger partial charge in [0.2, 0.25) is 0 Å². The molecule has 0 fully saturated rings. The molecule has 0 aliphatic carbocycles. The van der Waals surface area contributed by atoms with Gasteiger partial charge in [0, 0.05) is 18.3 Å². The van der Waals surface area contributed by atoms with E-state index in [1.54, 1.807) is 6.07 Å². The zero-order chi connectivity index (χ0) is 13.8. The van der Waals surface area contributed by atoms with E-state index >= 15 is 0 Å². The van der Waals surface area contributed by atoms with Crippen molar-refractivity contribution >= 4 is 11.4 Å². The van der Waals surface area contributed by atoms with Crippen LogP contribution in [0.15, 0.2) is 48.5 Å². The predicted octanol–water partition coefficient (Wildman–Crippen LogP) is 4.00. The number of hydrogen-bond acceptors (Lipinski definition) is 2. The van der Waals surface area contributed by atoms with Gasteiger partial charge in [-0.05, 0) is 37.6 Å². The van der Waals surface area contributed by atoms with Crippen molar-refractivity contribution in [2.75, 3.05) is 11.4 Å². The van der Waals surface area contributed by atoms with Crippen molar-refractivity contribution in [3.05, 3.63) is 59.9 Å². The summed E-state index contributed by atoms with van der Waals surface area (Å²) >= 11 is 0. The lowest BCUT2D eigenvalue weighted by Gasteiger charge is -2.27. The van der Waals surface area contributed by atoms with Crippen molar-refractivity contribution in [2.24, 2.45) is 5.73 Å². The normalized spacial score (nSPS) is 12.2. The Morgan fingerprint density at radius 3 is 2.37 bits per heavy atom. The zero-order valence-corrected chi connectivity index (χ0v) is 11.3. The quantitative estimate of drug-likeness (QED) is 0.898. The third-order valence-electron chi connectivity index (χ3n) is 3.16. The summed E-state index contributed by atoms with van der Waals surface area (Å²) in [6, 6.07) is 14.7. The van der Waals surface area contributed by atoms with Gasteiger partial charge in [-0.1, -0.05) is 30.3 Å². The van der Waals surface area contributed by atoms with Crippen molar-refractivity contribution < 1.29 is 4.39 Å². The summed E-state index contributed by atoms with van der Waals surface area (Å²) < 4.78 is 14.2. The second-order valence-corrected chi connectivity index (χ2v) is 4.55. The minimum absolute atomic E-state index is 0.205. The molecule has 0 aromatic heterocycles. The van der Waals surface area contributed by atoms with Crippen LogP contribution in [0.5, 0.6) is 0 Å². The first kappa shape index (κ1) is 13.6. The minimum atomic E-state index is -0.236. The highest BCUT2D eigenvalue weighted by atomic mass is 19.1. The summed E-state index contributed by atoms with van der Waals surface area (Å²) in [6.45, 7) is 4.56. The second kappa shape index (κ2) is 5.85. The molecule has 19 heavy (non-hydrogen) atoms. The molecule has 0 aliphatic rings. The summed E-state index contributed by atoms with van der Waals surface area (Å²) in [6.07, 6.45) is 0. The second-order valence-electron chi connectivity index (χ2n) is 4.55. The van der Waals surface area contributed by atoms with Crippen LogP contribution in [-0.4, -0.2) is 6.54 Å². The molecule has 2 nitrogen and oxygen atoms in total.